The molecule has 0 unspecified atom stereocenters. The number of alkyl halides is 1. The molecule has 0 amide bonds. The van der Waals surface area contributed by atoms with E-state index in [2.05, 4.69) is 20.8 Å². The van der Waals surface area contributed by atoms with Gasteiger partial charge in [0.05, 0.1) is 79.3 Å². The smallest absolute Gasteiger partial charge is 0.0701 e. The van der Waals surface area contributed by atoms with E-state index in [0.717, 1.165) is 18.5 Å². The Kier molecular flexibility index (Phi) is 21.4. The number of ether oxygens (including phenoxy) is 6. The molecular formula is C16H34BrNO6. The van der Waals surface area contributed by atoms with E-state index in [9.17, 15) is 0 Å². The van der Waals surface area contributed by atoms with Crippen LogP contribution in [0.4, 0.5) is 0 Å². The summed E-state index contributed by atoms with van der Waals surface area (Å²) in [6.07, 6.45) is 0. The SMILES string of the molecule is CN(C)CCOCCOCCOCCOCCOCCOCCBr. The Bertz CT molecular complexity index is 237. The predicted molar refractivity (Wildman–Crippen MR) is 97.3 cm³/mol. The number of hydrogen-bond acceptors (Lipinski definition) is 7. The minimum atomic E-state index is 0.567. The largest absolute Gasteiger partial charge is 0.378 e. The summed E-state index contributed by atoms with van der Waals surface area (Å²) in [4.78, 5) is 2.09. The fraction of sp³-hybridized carbons (Fsp3) is 1.00. The zero-order valence-electron chi connectivity index (χ0n) is 15.2. The third-order valence-corrected chi connectivity index (χ3v) is 3.09. The van der Waals surface area contributed by atoms with Gasteiger partial charge in [-0.2, -0.15) is 0 Å². The van der Waals surface area contributed by atoms with Crippen LogP contribution in [0.5, 0.6) is 0 Å². The topological polar surface area (TPSA) is 58.6 Å². The van der Waals surface area contributed by atoms with Gasteiger partial charge >= 0.3 is 0 Å². The zero-order valence-corrected chi connectivity index (χ0v) is 16.8. The van der Waals surface area contributed by atoms with Crippen molar-refractivity contribution in [1.82, 2.24) is 4.90 Å². The van der Waals surface area contributed by atoms with Crippen LogP contribution in [0.25, 0.3) is 0 Å². The van der Waals surface area contributed by atoms with E-state index in [1.165, 1.54) is 0 Å². The molecule has 146 valence electrons. The molecule has 0 rings (SSSR count). The molecule has 0 aliphatic rings. The van der Waals surface area contributed by atoms with Crippen LogP contribution in [-0.4, -0.2) is 110 Å². The van der Waals surface area contributed by atoms with Gasteiger partial charge < -0.3 is 33.3 Å². The average molecular weight is 416 g/mol. The molecule has 0 fully saturated rings. The summed E-state index contributed by atoms with van der Waals surface area (Å²) in [6, 6.07) is 0. The van der Waals surface area contributed by atoms with Crippen LogP contribution in [0, 0.1) is 0 Å². The summed E-state index contributed by atoms with van der Waals surface area (Å²) in [6.45, 7) is 8.25. The van der Waals surface area contributed by atoms with Gasteiger partial charge in [-0.3, -0.25) is 0 Å². The van der Waals surface area contributed by atoms with Crippen LogP contribution in [-0.2, 0) is 28.4 Å². The van der Waals surface area contributed by atoms with Crippen molar-refractivity contribution in [2.75, 3.05) is 105 Å². The van der Waals surface area contributed by atoms with Crippen LogP contribution < -0.4 is 0 Å². The highest BCUT2D eigenvalue weighted by atomic mass is 79.9. The maximum atomic E-state index is 5.41. The standard InChI is InChI=1S/C16H34BrNO6/c1-18(2)4-6-20-8-10-22-12-14-24-16-15-23-13-11-21-9-7-19-5-3-17/h3-16H2,1-2H3. The van der Waals surface area contributed by atoms with E-state index in [0.29, 0.717) is 72.7 Å². The number of hydrogen-bond donors (Lipinski definition) is 0. The van der Waals surface area contributed by atoms with Crippen LogP contribution in [0.3, 0.4) is 0 Å². The minimum Gasteiger partial charge on any atom is -0.378 e. The molecule has 0 radical (unpaired) electrons. The van der Waals surface area contributed by atoms with E-state index >= 15 is 0 Å². The maximum Gasteiger partial charge on any atom is 0.0701 e. The van der Waals surface area contributed by atoms with E-state index in [1.54, 1.807) is 0 Å². The maximum absolute atomic E-state index is 5.41. The van der Waals surface area contributed by atoms with Crippen molar-refractivity contribution >= 4 is 15.9 Å². The number of rotatable bonds is 20. The van der Waals surface area contributed by atoms with Crippen LogP contribution in [0.2, 0.25) is 0 Å². The van der Waals surface area contributed by atoms with Gasteiger partial charge in [0.25, 0.3) is 0 Å². The normalized spacial score (nSPS) is 11.5. The van der Waals surface area contributed by atoms with Crippen LogP contribution in [0.15, 0.2) is 0 Å². The Morgan fingerprint density at radius 2 is 0.792 bits per heavy atom. The van der Waals surface area contributed by atoms with E-state index in [4.69, 9.17) is 28.4 Å². The molecule has 0 bridgehead atoms. The number of likely N-dealkylation sites (N-methyl/N-ethyl adjacent to an activating group) is 1. The summed E-state index contributed by atoms with van der Waals surface area (Å²) in [5, 5.41) is 0.853. The molecule has 0 aliphatic carbocycles. The van der Waals surface area contributed by atoms with Crippen molar-refractivity contribution in [3.05, 3.63) is 0 Å². The van der Waals surface area contributed by atoms with Crippen molar-refractivity contribution < 1.29 is 28.4 Å². The zero-order chi connectivity index (χ0) is 17.7. The van der Waals surface area contributed by atoms with Gasteiger partial charge in [-0.05, 0) is 14.1 Å². The molecule has 7 nitrogen and oxygen atoms in total. The minimum absolute atomic E-state index is 0.567. The third kappa shape index (κ3) is 22.2. The molecule has 0 spiro atoms. The third-order valence-electron chi connectivity index (χ3n) is 2.76. The van der Waals surface area contributed by atoms with Crippen molar-refractivity contribution in [3.8, 4) is 0 Å². The van der Waals surface area contributed by atoms with Gasteiger partial charge in [-0.1, -0.05) is 15.9 Å². The molecule has 0 saturated carbocycles. The monoisotopic (exact) mass is 415 g/mol. The number of nitrogens with zero attached hydrogens (tertiary/aromatic N) is 1. The Hall–Kier alpha value is 0.200. The highest BCUT2D eigenvalue weighted by molar-refractivity contribution is 9.09. The summed E-state index contributed by atoms with van der Waals surface area (Å²) in [7, 11) is 4.05. The molecule has 8 heteroatoms. The first-order valence-electron chi connectivity index (χ1n) is 8.44. The summed E-state index contributed by atoms with van der Waals surface area (Å²) >= 11 is 3.29. The van der Waals surface area contributed by atoms with Crippen molar-refractivity contribution in [2.24, 2.45) is 0 Å². The summed E-state index contributed by atoms with van der Waals surface area (Å²) in [5.41, 5.74) is 0. The van der Waals surface area contributed by atoms with Gasteiger partial charge in [0.1, 0.15) is 0 Å². The molecule has 0 aromatic rings. The van der Waals surface area contributed by atoms with Crippen molar-refractivity contribution in [3.63, 3.8) is 0 Å². The molecule has 0 N–H and O–H groups in total. The highest BCUT2D eigenvalue weighted by Crippen LogP contribution is 1.86. The van der Waals surface area contributed by atoms with Crippen LogP contribution in [0.1, 0.15) is 0 Å². The number of halogens is 1. The van der Waals surface area contributed by atoms with Gasteiger partial charge in [0.15, 0.2) is 0 Å². The molecule has 24 heavy (non-hydrogen) atoms. The molecule has 0 aliphatic heterocycles. The highest BCUT2D eigenvalue weighted by Gasteiger charge is 1.94. The average Bonchev–Trinajstić information content (AvgIpc) is 2.56. The van der Waals surface area contributed by atoms with Gasteiger partial charge in [-0.25, -0.2) is 0 Å². The van der Waals surface area contributed by atoms with E-state index in [1.807, 2.05) is 14.1 Å². The first-order valence-corrected chi connectivity index (χ1v) is 9.56. The molecule has 0 saturated heterocycles. The first kappa shape index (κ1) is 24.2. The second kappa shape index (κ2) is 21.2. The lowest BCUT2D eigenvalue weighted by atomic mass is 10.6. The summed E-state index contributed by atoms with van der Waals surface area (Å²) in [5.74, 6) is 0. The van der Waals surface area contributed by atoms with Gasteiger partial charge in [0.2, 0.25) is 0 Å². The Labute approximate surface area is 155 Å². The molecule has 0 aromatic heterocycles. The molecule has 0 heterocycles. The summed E-state index contributed by atoms with van der Waals surface area (Å²) < 4.78 is 32.2. The lowest BCUT2D eigenvalue weighted by Gasteiger charge is -2.10. The molecular weight excluding hydrogens is 382 g/mol. The molecule has 0 aromatic carbocycles. The quantitative estimate of drug-likeness (QED) is 0.217. The Morgan fingerprint density at radius 1 is 0.500 bits per heavy atom. The first-order chi connectivity index (χ1) is 11.8. The molecule has 0 atom stereocenters. The lowest BCUT2D eigenvalue weighted by molar-refractivity contribution is -0.0165. The Morgan fingerprint density at radius 3 is 1.08 bits per heavy atom. The second-order valence-electron chi connectivity index (χ2n) is 5.17. The lowest BCUT2D eigenvalue weighted by Crippen LogP contribution is -2.19. The van der Waals surface area contributed by atoms with Crippen molar-refractivity contribution in [1.29, 1.82) is 0 Å². The Balaban J connectivity index is 2.95. The fourth-order valence-corrected chi connectivity index (χ4v) is 1.73. The van der Waals surface area contributed by atoms with Crippen molar-refractivity contribution in [2.45, 2.75) is 0 Å². The fourth-order valence-electron chi connectivity index (χ4n) is 1.50. The van der Waals surface area contributed by atoms with Gasteiger partial charge in [0, 0.05) is 11.9 Å². The van der Waals surface area contributed by atoms with Crippen LogP contribution >= 0.6 is 15.9 Å². The van der Waals surface area contributed by atoms with E-state index in [-0.39, 0.29) is 0 Å². The van der Waals surface area contributed by atoms with E-state index < -0.39 is 0 Å². The second-order valence-corrected chi connectivity index (χ2v) is 5.96. The van der Waals surface area contributed by atoms with Gasteiger partial charge in [-0.15, -0.1) is 0 Å². The predicted octanol–water partition coefficient (Wildman–Crippen LogP) is 1.04.